The van der Waals surface area contributed by atoms with Crippen LogP contribution in [0.15, 0.2) is 53.3 Å². The number of hydrogen-bond acceptors (Lipinski definition) is 8. The number of carbonyl (C=O) groups is 2. The van der Waals surface area contributed by atoms with Crippen molar-refractivity contribution < 1.29 is 44.3 Å². The molecule has 1 amide bonds. The number of fused-ring (bicyclic) bond motifs is 5. The summed E-state index contributed by atoms with van der Waals surface area (Å²) < 4.78 is 118. The lowest BCUT2D eigenvalue weighted by atomic mass is 10.0. The van der Waals surface area contributed by atoms with Crippen LogP contribution in [0.5, 0.6) is 0 Å². The summed E-state index contributed by atoms with van der Waals surface area (Å²) in [5.41, 5.74) is -2.67. The van der Waals surface area contributed by atoms with Crippen LogP contribution in [0.4, 0.5) is 32.2 Å². The van der Waals surface area contributed by atoms with E-state index in [1.807, 2.05) is 0 Å². The van der Waals surface area contributed by atoms with E-state index in [0.717, 1.165) is 23.0 Å². The first-order valence-corrected chi connectivity index (χ1v) is 19.7. The lowest BCUT2D eigenvalue weighted by Gasteiger charge is -2.24. The van der Waals surface area contributed by atoms with Gasteiger partial charge in [-0.15, -0.1) is 0 Å². The molecule has 0 spiro atoms. The summed E-state index contributed by atoms with van der Waals surface area (Å²) >= 11 is 6.56. The number of halogens is 7. The van der Waals surface area contributed by atoms with Gasteiger partial charge in [-0.1, -0.05) is 17.7 Å². The van der Waals surface area contributed by atoms with E-state index in [1.165, 1.54) is 49.0 Å². The highest BCUT2D eigenvalue weighted by atomic mass is 35.5. The average molecular weight is 847 g/mol. The largest absolute Gasteiger partial charge is 0.344 e. The molecule has 0 bridgehead atoms. The van der Waals surface area contributed by atoms with Crippen molar-refractivity contribution in [2.24, 2.45) is 13.0 Å². The number of benzene rings is 3. The minimum absolute atomic E-state index is 0.0110. The zero-order chi connectivity index (χ0) is 41.7. The number of anilines is 1. The first-order valence-electron chi connectivity index (χ1n) is 17.5. The van der Waals surface area contributed by atoms with Crippen LogP contribution >= 0.6 is 11.6 Å². The zero-order valence-electron chi connectivity index (χ0n) is 30.3. The molecule has 1 saturated carbocycles. The zero-order valence-corrected chi connectivity index (χ0v) is 31.9. The van der Waals surface area contributed by atoms with Crippen LogP contribution in [-0.4, -0.2) is 55.5 Å². The molecule has 21 heteroatoms. The Balaban J connectivity index is 1.34. The Morgan fingerprint density at radius 1 is 1.05 bits per heavy atom. The molecule has 1 fully saturated rings. The number of ketones is 1. The maximum absolute atomic E-state index is 15.4. The predicted octanol–water partition coefficient (Wildman–Crippen LogP) is 6.22. The van der Waals surface area contributed by atoms with Crippen molar-refractivity contribution >= 4 is 60.9 Å². The molecule has 0 radical (unpaired) electrons. The molecular formula is C37H29ClF6N8O5S. The van der Waals surface area contributed by atoms with E-state index < -0.39 is 87.7 Å². The molecular weight excluding hydrogens is 818 g/mol. The molecule has 0 saturated heterocycles. The molecule has 302 valence electrons. The molecule has 3 aromatic carbocycles. The van der Waals surface area contributed by atoms with Crippen LogP contribution in [0.25, 0.3) is 27.5 Å². The Labute approximate surface area is 328 Å². The van der Waals surface area contributed by atoms with E-state index in [2.05, 4.69) is 20.2 Å². The van der Waals surface area contributed by atoms with E-state index in [0.29, 0.717) is 10.7 Å². The molecule has 3 aromatic heterocycles. The molecule has 2 N–H and O–H groups in total. The van der Waals surface area contributed by atoms with Gasteiger partial charge in [0.25, 0.3) is 17.9 Å². The number of alkyl halides is 4. The monoisotopic (exact) mass is 846 g/mol. The first kappa shape index (κ1) is 39.1. The number of aromatic nitrogens is 6. The van der Waals surface area contributed by atoms with Crippen LogP contribution in [0, 0.1) is 17.6 Å². The molecule has 58 heavy (non-hydrogen) atoms. The van der Waals surface area contributed by atoms with Crippen molar-refractivity contribution in [2.75, 3.05) is 11.0 Å². The third-order valence-corrected chi connectivity index (χ3v) is 11.1. The van der Waals surface area contributed by atoms with Gasteiger partial charge in [0.15, 0.2) is 11.6 Å². The average Bonchev–Trinajstić information content (AvgIpc) is 3.66. The molecule has 13 nitrogen and oxygen atoms in total. The van der Waals surface area contributed by atoms with Crippen molar-refractivity contribution in [1.29, 1.82) is 0 Å². The second-order valence-corrected chi connectivity index (χ2v) is 16.5. The van der Waals surface area contributed by atoms with Crippen molar-refractivity contribution in [3.63, 3.8) is 0 Å². The molecule has 3 heterocycles. The maximum atomic E-state index is 15.4. The highest BCUT2D eigenvalue weighted by Gasteiger charge is 2.67. The van der Waals surface area contributed by atoms with Crippen molar-refractivity contribution in [2.45, 2.75) is 50.6 Å². The third kappa shape index (κ3) is 6.66. The Morgan fingerprint density at radius 2 is 1.76 bits per heavy atom. The third-order valence-electron chi connectivity index (χ3n) is 10.2. The van der Waals surface area contributed by atoms with E-state index in [1.54, 1.807) is 0 Å². The predicted molar refractivity (Wildman–Crippen MR) is 198 cm³/mol. The second kappa shape index (κ2) is 13.7. The van der Waals surface area contributed by atoms with Crippen LogP contribution < -0.4 is 15.6 Å². The van der Waals surface area contributed by atoms with Gasteiger partial charge in [0.2, 0.25) is 15.9 Å². The minimum Gasteiger partial charge on any atom is -0.344 e. The highest BCUT2D eigenvalue weighted by molar-refractivity contribution is 7.92. The van der Waals surface area contributed by atoms with E-state index in [-0.39, 0.29) is 73.1 Å². The van der Waals surface area contributed by atoms with E-state index in [4.69, 9.17) is 16.6 Å². The fraction of sp³-hybridized carbons (Fsp3) is 0.297. The van der Waals surface area contributed by atoms with Crippen molar-refractivity contribution in [3.8, 4) is 5.69 Å². The van der Waals surface area contributed by atoms with Gasteiger partial charge in [-0.25, -0.2) is 31.0 Å². The Morgan fingerprint density at radius 3 is 2.41 bits per heavy atom. The number of amides is 1. The number of Topliss-reactive ketones (excluding diaryl/α,β-unsaturated/α-hetero) is 1. The summed E-state index contributed by atoms with van der Waals surface area (Å²) in [6.07, 6.45) is -2.83. The summed E-state index contributed by atoms with van der Waals surface area (Å²) in [6, 6.07) is 7.72. The van der Waals surface area contributed by atoms with Crippen molar-refractivity contribution in [3.05, 3.63) is 109 Å². The highest BCUT2D eigenvalue weighted by Crippen LogP contribution is 2.68. The normalized spacial score (nSPS) is 17.4. The Kier molecular flexibility index (Phi) is 9.22. The van der Waals surface area contributed by atoms with Crippen LogP contribution in [-0.2, 0) is 40.8 Å². The van der Waals surface area contributed by atoms with Gasteiger partial charge in [0.05, 0.1) is 44.8 Å². The summed E-state index contributed by atoms with van der Waals surface area (Å²) in [6.45, 7) is 0.274. The lowest BCUT2D eigenvalue weighted by Crippen LogP contribution is -2.38. The maximum Gasteiger partial charge on any atom is 0.293 e. The number of aryl methyl sites for hydroxylation is 1. The fourth-order valence-electron chi connectivity index (χ4n) is 7.80. The van der Waals surface area contributed by atoms with Gasteiger partial charge in [-0.2, -0.15) is 19.0 Å². The van der Waals surface area contributed by atoms with Gasteiger partial charge in [0, 0.05) is 36.6 Å². The number of rotatable bonds is 11. The summed E-state index contributed by atoms with van der Waals surface area (Å²) in [5.74, 6) is -9.59. The number of sulfonamides is 1. The first-order chi connectivity index (χ1) is 27.2. The SMILES string of the molecule is CC(=O)c1ccc2c(=O)n(-c3ccc(Cl)c4c(NS(C)(=O)=O)nn(C)c34)c(C(Cc3cc(F)cc(F)c3)NC(=O)Cn3nc(C(F)F)c4c3C(F)(F)[C@@H]3C[C@H]43)nc2c1. The number of carbonyl (C=O) groups excluding carboxylic acids is 2. The number of hydrogen-bond donors (Lipinski definition) is 2. The molecule has 2 aliphatic carbocycles. The molecule has 1 unspecified atom stereocenters. The van der Waals surface area contributed by atoms with E-state index >= 15 is 8.78 Å². The molecule has 8 rings (SSSR count). The van der Waals surface area contributed by atoms with Crippen molar-refractivity contribution in [1.82, 2.24) is 34.4 Å². The number of nitrogens with zero attached hydrogens (tertiary/aromatic N) is 6. The van der Waals surface area contributed by atoms with Gasteiger partial charge in [-0.05, 0) is 61.2 Å². The molecule has 6 aromatic rings. The Hall–Kier alpha value is -5.76. The van der Waals surface area contributed by atoms with E-state index in [9.17, 15) is 40.4 Å². The summed E-state index contributed by atoms with van der Waals surface area (Å²) in [7, 11) is -2.48. The van der Waals surface area contributed by atoms with Crippen LogP contribution in [0.1, 0.15) is 70.4 Å². The summed E-state index contributed by atoms with van der Waals surface area (Å²) in [5, 5.41) is 10.6. The standard InChI is InChI=1S/C37H29ClF6N8O5S/c1-15(53)17-4-5-20-24(11-17)46-35(52(36(20)55)26-7-6-23(38)29-31(26)50(2)48-34(29)49-58(3,56)57)25(10-16-8-18(39)12-19(40)9-16)45-27(54)14-51-32-28(30(47-51)33(41)42)21-13-22(21)37(32,43)44/h4-9,11-12,21-22,25,33H,10,13-14H2,1-3H3,(H,45,54)(H,48,49)/t21-,22+,25?/m0/s1. The molecule has 0 aliphatic heterocycles. The van der Waals surface area contributed by atoms with Gasteiger partial charge in [0.1, 0.15) is 35.4 Å². The van der Waals surface area contributed by atoms with Gasteiger partial charge in [-0.3, -0.25) is 33.0 Å². The van der Waals surface area contributed by atoms with Crippen LogP contribution in [0.2, 0.25) is 5.02 Å². The quantitative estimate of drug-likeness (QED) is 0.115. The summed E-state index contributed by atoms with van der Waals surface area (Å²) in [4.78, 5) is 45.8. The second-order valence-electron chi connectivity index (χ2n) is 14.3. The van der Waals surface area contributed by atoms with Crippen LogP contribution in [0.3, 0.4) is 0 Å². The minimum atomic E-state index is -3.91. The lowest BCUT2D eigenvalue weighted by molar-refractivity contribution is -0.123. The smallest absolute Gasteiger partial charge is 0.293 e. The Bertz CT molecular complexity index is 2910. The molecule has 3 atom stereocenters. The topological polar surface area (TPSA) is 163 Å². The molecule has 2 aliphatic rings. The number of nitrogens with one attached hydrogen (secondary N) is 2. The fourth-order valence-corrected chi connectivity index (χ4v) is 8.54. The van der Waals surface area contributed by atoms with Gasteiger partial charge >= 0.3 is 0 Å². The van der Waals surface area contributed by atoms with Gasteiger partial charge < -0.3 is 5.32 Å².